The van der Waals surface area contributed by atoms with Crippen LogP contribution in [0.15, 0.2) is 48.5 Å². The third-order valence-electron chi connectivity index (χ3n) is 5.32. The molecular formula is C22H23N3O5. The first-order valence-corrected chi connectivity index (χ1v) is 9.84. The quantitative estimate of drug-likeness (QED) is 0.636. The van der Waals surface area contributed by atoms with Crippen LogP contribution in [0.3, 0.4) is 0 Å². The molecule has 0 aromatic heterocycles. The fourth-order valence-electron chi connectivity index (χ4n) is 3.53. The van der Waals surface area contributed by atoms with Crippen LogP contribution in [0, 0.1) is 0 Å². The predicted octanol–water partition coefficient (Wildman–Crippen LogP) is 2.55. The van der Waals surface area contributed by atoms with E-state index in [9.17, 15) is 14.4 Å². The number of nitrogens with one attached hydrogen (secondary N) is 3. The van der Waals surface area contributed by atoms with Crippen LogP contribution in [0.1, 0.15) is 35.7 Å². The summed E-state index contributed by atoms with van der Waals surface area (Å²) in [6.07, 6.45) is 2.20. The molecule has 2 aromatic carbocycles. The van der Waals surface area contributed by atoms with Crippen LogP contribution in [-0.2, 0) is 15.1 Å². The van der Waals surface area contributed by atoms with Gasteiger partial charge < -0.3 is 20.1 Å². The van der Waals surface area contributed by atoms with Crippen molar-refractivity contribution in [3.8, 4) is 5.75 Å². The number of amides is 4. The van der Waals surface area contributed by atoms with Crippen molar-refractivity contribution in [3.63, 3.8) is 0 Å². The first kappa shape index (κ1) is 19.9. The second kappa shape index (κ2) is 8.16. The van der Waals surface area contributed by atoms with Crippen molar-refractivity contribution < 1.29 is 23.9 Å². The summed E-state index contributed by atoms with van der Waals surface area (Å²) in [5, 5.41) is 7.66. The zero-order chi connectivity index (χ0) is 21.1. The highest BCUT2D eigenvalue weighted by atomic mass is 16.5. The van der Waals surface area contributed by atoms with Gasteiger partial charge in [0, 0.05) is 17.9 Å². The Labute approximate surface area is 173 Å². The van der Waals surface area contributed by atoms with Crippen LogP contribution in [0.4, 0.5) is 10.5 Å². The number of urea groups is 1. The van der Waals surface area contributed by atoms with E-state index >= 15 is 0 Å². The van der Waals surface area contributed by atoms with Crippen LogP contribution >= 0.6 is 0 Å². The van der Waals surface area contributed by atoms with E-state index in [1.54, 1.807) is 55.5 Å². The first-order chi connectivity index (χ1) is 14.4. The molecule has 30 heavy (non-hydrogen) atoms. The maximum absolute atomic E-state index is 12.6. The number of benzene rings is 2. The van der Waals surface area contributed by atoms with E-state index in [1.807, 2.05) is 0 Å². The molecule has 156 valence electrons. The van der Waals surface area contributed by atoms with Gasteiger partial charge in [0.05, 0.1) is 6.10 Å². The molecule has 2 aromatic rings. The van der Waals surface area contributed by atoms with Crippen molar-refractivity contribution in [3.05, 3.63) is 59.7 Å². The van der Waals surface area contributed by atoms with E-state index in [0.717, 1.165) is 19.4 Å². The Morgan fingerprint density at radius 2 is 2.03 bits per heavy atom. The van der Waals surface area contributed by atoms with Crippen LogP contribution in [-0.4, -0.2) is 37.2 Å². The monoisotopic (exact) mass is 409 g/mol. The normalized spacial score (nSPS) is 23.0. The Morgan fingerprint density at radius 1 is 1.23 bits per heavy atom. The zero-order valence-corrected chi connectivity index (χ0v) is 16.6. The highest BCUT2D eigenvalue weighted by Gasteiger charge is 2.43. The lowest BCUT2D eigenvalue weighted by atomic mass is 9.92. The molecule has 2 aliphatic rings. The van der Waals surface area contributed by atoms with Gasteiger partial charge in [-0.05, 0) is 61.7 Å². The lowest BCUT2D eigenvalue weighted by Crippen LogP contribution is -2.40. The largest absolute Gasteiger partial charge is 0.491 e. The number of imide groups is 1. The molecule has 0 radical (unpaired) electrons. The van der Waals surface area contributed by atoms with E-state index in [0.29, 0.717) is 29.2 Å². The summed E-state index contributed by atoms with van der Waals surface area (Å²) in [6, 6.07) is 13.2. The van der Waals surface area contributed by atoms with Gasteiger partial charge in [-0.3, -0.25) is 14.9 Å². The molecule has 8 nitrogen and oxygen atoms in total. The molecule has 2 atom stereocenters. The van der Waals surface area contributed by atoms with Gasteiger partial charge >= 0.3 is 6.03 Å². The second-order valence-electron chi connectivity index (χ2n) is 7.54. The summed E-state index contributed by atoms with van der Waals surface area (Å²) in [7, 11) is 0. The summed E-state index contributed by atoms with van der Waals surface area (Å²) in [5.74, 6) is -0.0441. The SMILES string of the molecule is C[C@]1(c2cccc(NC(=O)c3ccc(OC[C@H]4CCCO4)cc3)c2)NC(=O)NC1=O. The average molecular weight is 409 g/mol. The molecule has 4 rings (SSSR count). The van der Waals surface area contributed by atoms with Gasteiger partial charge in [0.2, 0.25) is 0 Å². The predicted molar refractivity (Wildman–Crippen MR) is 109 cm³/mol. The van der Waals surface area contributed by atoms with E-state index < -0.39 is 17.5 Å². The molecule has 0 unspecified atom stereocenters. The highest BCUT2D eigenvalue weighted by molar-refractivity contribution is 6.07. The Hall–Kier alpha value is -3.39. The van der Waals surface area contributed by atoms with Gasteiger partial charge in [0.25, 0.3) is 11.8 Å². The molecule has 2 aliphatic heterocycles. The van der Waals surface area contributed by atoms with Crippen molar-refractivity contribution in [2.75, 3.05) is 18.5 Å². The van der Waals surface area contributed by atoms with Crippen molar-refractivity contribution in [1.29, 1.82) is 0 Å². The number of carbonyl (C=O) groups excluding carboxylic acids is 3. The minimum atomic E-state index is -1.18. The lowest BCUT2D eigenvalue weighted by Gasteiger charge is -2.21. The molecule has 2 fully saturated rings. The fourth-order valence-corrected chi connectivity index (χ4v) is 3.53. The van der Waals surface area contributed by atoms with Crippen molar-refractivity contribution >= 4 is 23.5 Å². The lowest BCUT2D eigenvalue weighted by molar-refractivity contribution is -0.123. The molecule has 0 bridgehead atoms. The number of anilines is 1. The molecule has 2 heterocycles. The summed E-state index contributed by atoms with van der Waals surface area (Å²) in [4.78, 5) is 36.2. The molecular weight excluding hydrogens is 386 g/mol. The Morgan fingerprint density at radius 3 is 2.70 bits per heavy atom. The average Bonchev–Trinajstić information content (AvgIpc) is 3.35. The minimum absolute atomic E-state index is 0.133. The Bertz CT molecular complexity index is 969. The van der Waals surface area contributed by atoms with E-state index in [-0.39, 0.29) is 12.0 Å². The number of hydrogen-bond acceptors (Lipinski definition) is 5. The van der Waals surface area contributed by atoms with Gasteiger partial charge in [0.1, 0.15) is 17.9 Å². The smallest absolute Gasteiger partial charge is 0.322 e. The highest BCUT2D eigenvalue weighted by Crippen LogP contribution is 2.27. The number of rotatable bonds is 6. The Kier molecular flexibility index (Phi) is 5.41. The van der Waals surface area contributed by atoms with Crippen LogP contribution in [0.25, 0.3) is 0 Å². The summed E-state index contributed by atoms with van der Waals surface area (Å²) in [5.41, 5.74) is 0.385. The molecule has 0 aliphatic carbocycles. The van der Waals surface area contributed by atoms with Crippen molar-refractivity contribution in [1.82, 2.24) is 10.6 Å². The molecule has 8 heteroatoms. The van der Waals surface area contributed by atoms with Crippen molar-refractivity contribution in [2.24, 2.45) is 0 Å². The van der Waals surface area contributed by atoms with Crippen LogP contribution in [0.5, 0.6) is 5.75 Å². The number of carbonyl (C=O) groups is 3. The standard InChI is InChI=1S/C22H23N3O5/c1-22(20(27)24-21(28)25-22)15-4-2-5-16(12-15)23-19(26)14-7-9-17(10-8-14)30-13-18-6-3-11-29-18/h2,4-5,7-10,12,18H,3,6,11,13H2,1H3,(H,23,26)(H2,24,25,27,28)/t18-,22-/m1/s1. The molecule has 0 spiro atoms. The third kappa shape index (κ3) is 4.13. The number of hydrogen-bond donors (Lipinski definition) is 3. The van der Waals surface area contributed by atoms with Gasteiger partial charge in [0.15, 0.2) is 0 Å². The second-order valence-corrected chi connectivity index (χ2v) is 7.54. The molecule has 0 saturated carbocycles. The van der Waals surface area contributed by atoms with Crippen LogP contribution < -0.4 is 20.7 Å². The topological polar surface area (TPSA) is 106 Å². The maximum atomic E-state index is 12.6. The van der Waals surface area contributed by atoms with Gasteiger partial charge in [-0.15, -0.1) is 0 Å². The maximum Gasteiger partial charge on any atom is 0.322 e. The fraction of sp³-hybridized carbons (Fsp3) is 0.318. The summed E-state index contributed by atoms with van der Waals surface area (Å²) in [6.45, 7) is 2.90. The van der Waals surface area contributed by atoms with E-state index in [2.05, 4.69) is 16.0 Å². The molecule has 3 N–H and O–H groups in total. The minimum Gasteiger partial charge on any atom is -0.491 e. The van der Waals surface area contributed by atoms with Gasteiger partial charge in [-0.1, -0.05) is 12.1 Å². The van der Waals surface area contributed by atoms with Crippen LogP contribution in [0.2, 0.25) is 0 Å². The molecule has 2 saturated heterocycles. The molecule has 4 amide bonds. The summed E-state index contributed by atoms with van der Waals surface area (Å²) >= 11 is 0. The Balaban J connectivity index is 1.40. The third-order valence-corrected chi connectivity index (χ3v) is 5.32. The van der Waals surface area contributed by atoms with E-state index in [4.69, 9.17) is 9.47 Å². The zero-order valence-electron chi connectivity index (χ0n) is 16.6. The van der Waals surface area contributed by atoms with Gasteiger partial charge in [-0.25, -0.2) is 4.79 Å². The van der Waals surface area contributed by atoms with Gasteiger partial charge in [-0.2, -0.15) is 0 Å². The first-order valence-electron chi connectivity index (χ1n) is 9.84. The summed E-state index contributed by atoms with van der Waals surface area (Å²) < 4.78 is 11.2. The van der Waals surface area contributed by atoms with E-state index in [1.165, 1.54) is 0 Å². The van der Waals surface area contributed by atoms with Crippen molar-refractivity contribution in [2.45, 2.75) is 31.4 Å². The number of ether oxygens (including phenoxy) is 2.